The van der Waals surface area contributed by atoms with E-state index in [-0.39, 0.29) is 23.3 Å². The Hall–Kier alpha value is -2.00. The first-order chi connectivity index (χ1) is 14.9. The number of amides is 1. The molecule has 1 aromatic heterocycles. The van der Waals surface area contributed by atoms with Gasteiger partial charge in [0, 0.05) is 63.2 Å². The highest BCUT2D eigenvalue weighted by atomic mass is 35.5. The summed E-state index contributed by atoms with van der Waals surface area (Å²) in [5, 5.41) is 0.494. The van der Waals surface area contributed by atoms with Crippen molar-refractivity contribution in [2.24, 2.45) is 5.92 Å². The van der Waals surface area contributed by atoms with Crippen LogP contribution in [-0.2, 0) is 21.4 Å². The fraction of sp³-hybridized carbons (Fsp3) is 0.455. The first kappa shape index (κ1) is 22.2. The van der Waals surface area contributed by atoms with Crippen LogP contribution in [0.1, 0.15) is 18.4 Å². The van der Waals surface area contributed by atoms with Crippen molar-refractivity contribution >= 4 is 27.5 Å². The molecule has 9 heteroatoms. The van der Waals surface area contributed by atoms with Crippen LogP contribution in [0.2, 0.25) is 5.02 Å². The Bertz CT molecular complexity index is 993. The van der Waals surface area contributed by atoms with Gasteiger partial charge < -0.3 is 4.90 Å². The third-order valence-corrected chi connectivity index (χ3v) is 8.13. The maximum Gasteiger partial charge on any atom is 0.243 e. The Labute approximate surface area is 188 Å². The van der Waals surface area contributed by atoms with Gasteiger partial charge in [0.25, 0.3) is 0 Å². The molecule has 4 rings (SSSR count). The van der Waals surface area contributed by atoms with Crippen molar-refractivity contribution in [3.05, 3.63) is 59.4 Å². The Morgan fingerprint density at radius 1 is 1.06 bits per heavy atom. The van der Waals surface area contributed by atoms with Gasteiger partial charge in [-0.2, -0.15) is 4.31 Å². The molecule has 1 aromatic carbocycles. The van der Waals surface area contributed by atoms with Crippen molar-refractivity contribution in [3.8, 4) is 0 Å². The largest absolute Gasteiger partial charge is 0.340 e. The SMILES string of the molecule is O=C(C1CCCN(S(=O)(=O)c2ccc(Cl)cc2)C1)N1CCN(Cc2cccnc2)CC1. The molecule has 2 aliphatic heterocycles. The first-order valence-corrected chi connectivity index (χ1v) is 12.4. The molecular weight excluding hydrogens is 436 g/mol. The topological polar surface area (TPSA) is 73.8 Å². The number of carbonyl (C=O) groups is 1. The normalized spacial score (nSPS) is 21.2. The van der Waals surface area contributed by atoms with Crippen molar-refractivity contribution in [1.82, 2.24) is 19.1 Å². The maximum absolute atomic E-state index is 13.1. The first-order valence-electron chi connectivity index (χ1n) is 10.6. The number of halogens is 1. The van der Waals surface area contributed by atoms with E-state index < -0.39 is 10.0 Å². The molecule has 3 heterocycles. The molecule has 166 valence electrons. The van der Waals surface area contributed by atoms with E-state index in [1.807, 2.05) is 17.2 Å². The zero-order valence-corrected chi connectivity index (χ0v) is 18.9. The van der Waals surface area contributed by atoms with Crippen LogP contribution in [0.4, 0.5) is 0 Å². The van der Waals surface area contributed by atoms with E-state index in [0.29, 0.717) is 31.1 Å². The van der Waals surface area contributed by atoms with Gasteiger partial charge in [-0.05, 0) is 48.7 Å². The van der Waals surface area contributed by atoms with Gasteiger partial charge in [0.15, 0.2) is 0 Å². The highest BCUT2D eigenvalue weighted by Crippen LogP contribution is 2.26. The average molecular weight is 463 g/mol. The van der Waals surface area contributed by atoms with Crippen LogP contribution in [0.25, 0.3) is 0 Å². The zero-order chi connectivity index (χ0) is 21.8. The van der Waals surface area contributed by atoms with Gasteiger partial charge in [-0.3, -0.25) is 14.7 Å². The van der Waals surface area contributed by atoms with Gasteiger partial charge in [-0.15, -0.1) is 0 Å². The van der Waals surface area contributed by atoms with Gasteiger partial charge in [0.1, 0.15) is 0 Å². The van der Waals surface area contributed by atoms with Crippen LogP contribution in [0.3, 0.4) is 0 Å². The Morgan fingerprint density at radius 3 is 2.48 bits per heavy atom. The lowest BCUT2D eigenvalue weighted by Gasteiger charge is -2.38. The maximum atomic E-state index is 13.1. The molecule has 0 spiro atoms. The Kier molecular flexibility index (Phi) is 6.91. The van der Waals surface area contributed by atoms with Crippen LogP contribution in [0.15, 0.2) is 53.7 Å². The summed E-state index contributed by atoms with van der Waals surface area (Å²) in [5.74, 6) is -0.224. The third-order valence-electron chi connectivity index (χ3n) is 6.00. The lowest BCUT2D eigenvalue weighted by atomic mass is 9.97. The number of hydrogen-bond donors (Lipinski definition) is 0. The predicted octanol–water partition coefficient (Wildman–Crippen LogP) is 2.48. The number of piperazine rings is 1. The minimum atomic E-state index is -3.63. The second-order valence-corrected chi connectivity index (χ2v) is 10.5. The minimum absolute atomic E-state index is 0.0667. The van der Waals surface area contributed by atoms with Crippen molar-refractivity contribution < 1.29 is 13.2 Å². The van der Waals surface area contributed by atoms with Crippen molar-refractivity contribution in [1.29, 1.82) is 0 Å². The molecule has 0 saturated carbocycles. The Balaban J connectivity index is 1.34. The van der Waals surface area contributed by atoms with Crippen LogP contribution in [-0.4, -0.2) is 72.7 Å². The molecule has 0 N–H and O–H groups in total. The number of pyridine rings is 1. The standard InChI is InChI=1S/C22H27ClN4O3S/c23-20-5-7-21(8-6-20)31(29,30)27-10-2-4-19(17-27)22(28)26-13-11-25(12-14-26)16-18-3-1-9-24-15-18/h1,3,5-9,15,19H,2,4,10-14,16-17H2. The molecule has 0 radical (unpaired) electrons. The summed E-state index contributed by atoms with van der Waals surface area (Å²) >= 11 is 5.89. The third kappa shape index (κ3) is 5.26. The molecule has 1 atom stereocenters. The summed E-state index contributed by atoms with van der Waals surface area (Å²) in [7, 11) is -3.63. The second-order valence-electron chi connectivity index (χ2n) is 8.12. The van der Waals surface area contributed by atoms with Gasteiger partial charge in [-0.25, -0.2) is 8.42 Å². The monoisotopic (exact) mass is 462 g/mol. The number of benzene rings is 1. The number of sulfonamides is 1. The van der Waals surface area contributed by atoms with E-state index >= 15 is 0 Å². The fourth-order valence-corrected chi connectivity index (χ4v) is 5.90. The van der Waals surface area contributed by atoms with Crippen LogP contribution < -0.4 is 0 Å². The number of aromatic nitrogens is 1. The van der Waals surface area contributed by atoms with Gasteiger partial charge in [0.2, 0.25) is 15.9 Å². The van der Waals surface area contributed by atoms with Crippen LogP contribution >= 0.6 is 11.6 Å². The fourth-order valence-electron chi connectivity index (χ4n) is 4.25. The summed E-state index contributed by atoms with van der Waals surface area (Å²) in [5.41, 5.74) is 1.16. The number of hydrogen-bond acceptors (Lipinski definition) is 5. The lowest BCUT2D eigenvalue weighted by Crippen LogP contribution is -2.52. The van der Waals surface area contributed by atoms with Crippen molar-refractivity contribution in [2.45, 2.75) is 24.3 Å². The molecule has 2 aliphatic rings. The van der Waals surface area contributed by atoms with E-state index in [9.17, 15) is 13.2 Å². The highest BCUT2D eigenvalue weighted by Gasteiger charge is 2.35. The molecular formula is C22H27ClN4O3S. The predicted molar refractivity (Wildman–Crippen MR) is 119 cm³/mol. The quantitative estimate of drug-likeness (QED) is 0.682. The Morgan fingerprint density at radius 2 is 1.81 bits per heavy atom. The van der Waals surface area contributed by atoms with Gasteiger partial charge in [-0.1, -0.05) is 17.7 Å². The molecule has 0 bridgehead atoms. The van der Waals surface area contributed by atoms with E-state index in [4.69, 9.17) is 11.6 Å². The van der Waals surface area contributed by atoms with E-state index in [0.717, 1.165) is 31.6 Å². The summed E-state index contributed by atoms with van der Waals surface area (Å²) in [6.07, 6.45) is 5.04. The number of rotatable bonds is 5. The highest BCUT2D eigenvalue weighted by molar-refractivity contribution is 7.89. The van der Waals surface area contributed by atoms with E-state index in [1.165, 1.54) is 16.4 Å². The number of piperidine rings is 1. The average Bonchev–Trinajstić information content (AvgIpc) is 2.80. The zero-order valence-electron chi connectivity index (χ0n) is 17.4. The number of carbonyl (C=O) groups excluding carboxylic acids is 1. The van der Waals surface area contributed by atoms with Crippen LogP contribution in [0.5, 0.6) is 0 Å². The molecule has 1 unspecified atom stereocenters. The lowest BCUT2D eigenvalue weighted by molar-refractivity contribution is -0.138. The molecule has 2 aromatic rings. The molecule has 1 amide bonds. The van der Waals surface area contributed by atoms with E-state index in [2.05, 4.69) is 16.0 Å². The molecule has 2 fully saturated rings. The van der Waals surface area contributed by atoms with Gasteiger partial charge in [0.05, 0.1) is 10.8 Å². The number of nitrogens with zero attached hydrogens (tertiary/aromatic N) is 4. The molecule has 0 aliphatic carbocycles. The summed E-state index contributed by atoms with van der Waals surface area (Å²) in [4.78, 5) is 21.7. The summed E-state index contributed by atoms with van der Waals surface area (Å²) in [6.45, 7) is 4.44. The van der Waals surface area contributed by atoms with E-state index in [1.54, 1.807) is 18.3 Å². The summed E-state index contributed by atoms with van der Waals surface area (Å²) < 4.78 is 27.5. The smallest absolute Gasteiger partial charge is 0.243 e. The molecule has 2 saturated heterocycles. The molecule has 7 nitrogen and oxygen atoms in total. The van der Waals surface area contributed by atoms with Crippen molar-refractivity contribution in [2.75, 3.05) is 39.3 Å². The van der Waals surface area contributed by atoms with Gasteiger partial charge >= 0.3 is 0 Å². The van der Waals surface area contributed by atoms with Crippen LogP contribution in [0, 0.1) is 5.92 Å². The minimum Gasteiger partial charge on any atom is -0.340 e. The van der Waals surface area contributed by atoms with Crippen molar-refractivity contribution in [3.63, 3.8) is 0 Å². The summed E-state index contributed by atoms with van der Waals surface area (Å²) in [6, 6.07) is 10.2. The molecule has 31 heavy (non-hydrogen) atoms. The second kappa shape index (κ2) is 9.65.